The molecule has 0 heterocycles. The average Bonchev–Trinajstić information content (AvgIpc) is 2.51. The van der Waals surface area contributed by atoms with E-state index in [1.165, 1.54) is 25.5 Å². The van der Waals surface area contributed by atoms with Crippen molar-refractivity contribution in [1.82, 2.24) is 4.90 Å². The average molecular weight is 295 g/mol. The molecule has 0 spiro atoms. The summed E-state index contributed by atoms with van der Waals surface area (Å²) < 4.78 is 4.76. The first-order chi connectivity index (χ1) is 10.1. The first-order valence-electron chi connectivity index (χ1n) is 8.12. The van der Waals surface area contributed by atoms with Gasteiger partial charge in [-0.15, -0.1) is 0 Å². The molecule has 0 saturated heterocycles. The maximum absolute atomic E-state index is 12.2. The van der Waals surface area contributed by atoms with Gasteiger partial charge in [0.25, 0.3) is 0 Å². The molecule has 1 aliphatic rings. The van der Waals surface area contributed by atoms with Crippen LogP contribution < -0.4 is 0 Å². The van der Waals surface area contributed by atoms with Gasteiger partial charge in [-0.25, -0.2) is 0 Å². The van der Waals surface area contributed by atoms with Crippen molar-refractivity contribution in [3.05, 3.63) is 11.6 Å². The highest BCUT2D eigenvalue weighted by Crippen LogP contribution is 2.20. The first kappa shape index (κ1) is 17.7. The third-order valence-corrected chi connectivity index (χ3v) is 4.00. The molecule has 0 fully saturated rings. The molecule has 0 saturated carbocycles. The number of carbonyl (C=O) groups is 2. The van der Waals surface area contributed by atoms with Gasteiger partial charge in [0, 0.05) is 19.5 Å². The van der Waals surface area contributed by atoms with Gasteiger partial charge in [-0.2, -0.15) is 0 Å². The lowest BCUT2D eigenvalue weighted by molar-refractivity contribution is -0.146. The Morgan fingerprint density at radius 1 is 1.38 bits per heavy atom. The van der Waals surface area contributed by atoms with Crippen LogP contribution in [0.4, 0.5) is 0 Å². The van der Waals surface area contributed by atoms with Gasteiger partial charge >= 0.3 is 5.97 Å². The van der Waals surface area contributed by atoms with E-state index < -0.39 is 0 Å². The third kappa shape index (κ3) is 6.32. The number of hydrogen-bond acceptors (Lipinski definition) is 3. The molecule has 0 aromatic rings. The number of carbonyl (C=O) groups excluding carboxylic acids is 2. The molecule has 21 heavy (non-hydrogen) atoms. The third-order valence-electron chi connectivity index (χ3n) is 4.00. The van der Waals surface area contributed by atoms with Gasteiger partial charge in [0.1, 0.15) is 0 Å². The second-order valence-corrected chi connectivity index (χ2v) is 5.87. The molecular formula is C17H29NO3. The summed E-state index contributed by atoms with van der Waals surface area (Å²) in [5, 5.41) is 0. The van der Waals surface area contributed by atoms with Crippen molar-refractivity contribution in [3.63, 3.8) is 0 Å². The van der Waals surface area contributed by atoms with Crippen LogP contribution in [0.1, 0.15) is 58.8 Å². The van der Waals surface area contributed by atoms with Crippen molar-refractivity contribution >= 4 is 11.9 Å². The largest absolute Gasteiger partial charge is 0.469 e. The summed E-state index contributed by atoms with van der Waals surface area (Å²) in [7, 11) is 1.39. The minimum absolute atomic E-state index is 0.143. The number of ether oxygens (including phenoxy) is 1. The molecule has 0 aromatic heterocycles. The van der Waals surface area contributed by atoms with Crippen LogP contribution in [-0.4, -0.2) is 37.0 Å². The maximum atomic E-state index is 12.2. The fraction of sp³-hybridized carbons (Fsp3) is 0.765. The zero-order chi connectivity index (χ0) is 15.7. The molecule has 0 radical (unpaired) electrons. The van der Waals surface area contributed by atoms with Crippen molar-refractivity contribution < 1.29 is 14.3 Å². The van der Waals surface area contributed by atoms with E-state index in [-0.39, 0.29) is 17.8 Å². The fourth-order valence-corrected chi connectivity index (χ4v) is 2.71. The van der Waals surface area contributed by atoms with Gasteiger partial charge in [0.15, 0.2) is 0 Å². The molecule has 1 aliphatic carbocycles. The molecule has 1 unspecified atom stereocenters. The monoisotopic (exact) mass is 295 g/mol. The fourth-order valence-electron chi connectivity index (χ4n) is 2.71. The van der Waals surface area contributed by atoms with E-state index in [9.17, 15) is 9.59 Å². The summed E-state index contributed by atoms with van der Waals surface area (Å²) in [4.78, 5) is 25.6. The van der Waals surface area contributed by atoms with Crippen molar-refractivity contribution in [3.8, 4) is 0 Å². The zero-order valence-electron chi connectivity index (χ0n) is 13.7. The van der Waals surface area contributed by atoms with Crippen molar-refractivity contribution in [2.45, 2.75) is 58.8 Å². The van der Waals surface area contributed by atoms with E-state index in [0.29, 0.717) is 19.5 Å². The summed E-state index contributed by atoms with van der Waals surface area (Å²) in [6.07, 6.45) is 9.49. The topological polar surface area (TPSA) is 46.6 Å². The summed E-state index contributed by atoms with van der Waals surface area (Å²) in [6, 6.07) is 0. The lowest BCUT2D eigenvalue weighted by Crippen LogP contribution is -2.38. The number of hydrogen-bond donors (Lipinski definition) is 0. The van der Waals surface area contributed by atoms with Gasteiger partial charge in [0.2, 0.25) is 5.91 Å². The van der Waals surface area contributed by atoms with Crippen LogP contribution in [0.2, 0.25) is 0 Å². The van der Waals surface area contributed by atoms with Crippen molar-refractivity contribution in [2.75, 3.05) is 20.2 Å². The molecule has 4 nitrogen and oxygen atoms in total. The number of methoxy groups -OCH3 is 1. The van der Waals surface area contributed by atoms with Gasteiger partial charge in [-0.1, -0.05) is 25.5 Å². The molecule has 0 aromatic carbocycles. The number of nitrogens with zero attached hydrogens (tertiary/aromatic N) is 1. The smallest absolute Gasteiger partial charge is 0.310 e. The van der Waals surface area contributed by atoms with Crippen LogP contribution in [0.3, 0.4) is 0 Å². The van der Waals surface area contributed by atoms with Gasteiger partial charge in [0.05, 0.1) is 13.0 Å². The van der Waals surface area contributed by atoms with E-state index in [0.717, 1.165) is 25.7 Å². The van der Waals surface area contributed by atoms with E-state index in [1.54, 1.807) is 0 Å². The Bertz CT molecular complexity index is 376. The summed E-state index contributed by atoms with van der Waals surface area (Å²) in [6.45, 7) is 4.99. The lowest BCUT2D eigenvalue weighted by atomic mass is 9.97. The van der Waals surface area contributed by atoms with Gasteiger partial charge in [-0.3, -0.25) is 9.59 Å². The number of rotatable bonds is 8. The van der Waals surface area contributed by atoms with E-state index >= 15 is 0 Å². The summed E-state index contributed by atoms with van der Waals surface area (Å²) in [5.74, 6) is -0.373. The Kier molecular flexibility index (Phi) is 8.09. The molecule has 0 aliphatic heterocycles. The van der Waals surface area contributed by atoms with Crippen LogP contribution in [0.5, 0.6) is 0 Å². The van der Waals surface area contributed by atoms with Crippen LogP contribution in [0, 0.1) is 5.92 Å². The van der Waals surface area contributed by atoms with E-state index in [2.05, 4.69) is 6.08 Å². The Balaban J connectivity index is 2.56. The Labute approximate surface area is 128 Å². The number of allylic oxidation sites excluding steroid dienone is 1. The number of esters is 1. The molecular weight excluding hydrogens is 266 g/mol. The molecule has 1 atom stereocenters. The van der Waals surface area contributed by atoms with Crippen LogP contribution >= 0.6 is 0 Å². The molecule has 0 bridgehead atoms. The van der Waals surface area contributed by atoms with Crippen LogP contribution in [-0.2, 0) is 14.3 Å². The van der Waals surface area contributed by atoms with E-state index in [1.807, 2.05) is 18.7 Å². The highest BCUT2D eigenvalue weighted by molar-refractivity contribution is 5.77. The Morgan fingerprint density at radius 2 is 2.14 bits per heavy atom. The summed E-state index contributed by atoms with van der Waals surface area (Å²) >= 11 is 0. The highest BCUT2D eigenvalue weighted by atomic mass is 16.5. The predicted molar refractivity (Wildman–Crippen MR) is 83.8 cm³/mol. The predicted octanol–water partition coefficient (Wildman–Crippen LogP) is 3.31. The number of amides is 1. The molecule has 0 N–H and O–H groups in total. The maximum Gasteiger partial charge on any atom is 0.310 e. The molecule has 1 rings (SSSR count). The summed E-state index contributed by atoms with van der Waals surface area (Å²) in [5.41, 5.74) is 1.46. The second kappa shape index (κ2) is 9.59. The van der Waals surface area contributed by atoms with E-state index in [4.69, 9.17) is 4.74 Å². The van der Waals surface area contributed by atoms with Crippen LogP contribution in [0.25, 0.3) is 0 Å². The first-order valence-corrected chi connectivity index (χ1v) is 8.12. The van der Waals surface area contributed by atoms with Gasteiger partial charge in [-0.05, 0) is 38.5 Å². The van der Waals surface area contributed by atoms with Crippen molar-refractivity contribution in [2.24, 2.45) is 5.92 Å². The standard InChI is InChI=1S/C17H29NO3/c1-4-8-16(19)18(13-14(2)17(20)21-3)12-11-15-9-6-5-7-10-15/h9,14H,4-8,10-13H2,1-3H3. The minimum Gasteiger partial charge on any atom is -0.469 e. The molecule has 4 heteroatoms. The normalized spacial score (nSPS) is 16.0. The Morgan fingerprint density at radius 3 is 2.71 bits per heavy atom. The van der Waals surface area contributed by atoms with Crippen LogP contribution in [0.15, 0.2) is 11.6 Å². The molecule has 1 amide bonds. The lowest BCUT2D eigenvalue weighted by Gasteiger charge is -2.26. The van der Waals surface area contributed by atoms with Crippen molar-refractivity contribution in [1.29, 1.82) is 0 Å². The minimum atomic E-state index is -0.267. The zero-order valence-corrected chi connectivity index (χ0v) is 13.7. The second-order valence-electron chi connectivity index (χ2n) is 5.87. The highest BCUT2D eigenvalue weighted by Gasteiger charge is 2.21. The van der Waals surface area contributed by atoms with Gasteiger partial charge < -0.3 is 9.64 Å². The SMILES string of the molecule is CCCC(=O)N(CCC1=CCCCC1)CC(C)C(=O)OC. The quantitative estimate of drug-likeness (QED) is 0.510. The molecule has 120 valence electrons. The Hall–Kier alpha value is -1.32.